The van der Waals surface area contributed by atoms with Crippen molar-refractivity contribution in [2.45, 2.75) is 5.41 Å². The molecule has 0 aliphatic heterocycles. The molecule has 236 valence electrons. The predicted molar refractivity (Wildman–Crippen MR) is 208 cm³/mol. The van der Waals surface area contributed by atoms with Crippen molar-refractivity contribution in [2.75, 3.05) is 0 Å². The lowest BCUT2D eigenvalue weighted by Gasteiger charge is -2.31. The molecule has 2 aromatic heterocycles. The molecule has 11 rings (SSSR count). The van der Waals surface area contributed by atoms with Gasteiger partial charge in [-0.1, -0.05) is 103 Å². The molecule has 0 amide bonds. The van der Waals surface area contributed by atoms with Crippen molar-refractivity contribution < 1.29 is 0 Å². The molecule has 1 atom stereocenters. The molecule has 0 N–H and O–H groups in total. The van der Waals surface area contributed by atoms with Crippen LogP contribution in [0.3, 0.4) is 0 Å². The largest absolute Gasteiger partial charge is 0.292 e. The van der Waals surface area contributed by atoms with Crippen LogP contribution in [0.4, 0.5) is 0 Å². The van der Waals surface area contributed by atoms with E-state index >= 15 is 0 Å². The minimum absolute atomic E-state index is 0.533. The second kappa shape index (κ2) is 10.5. The van der Waals surface area contributed by atoms with E-state index in [0.717, 1.165) is 33.7 Å². The van der Waals surface area contributed by atoms with Gasteiger partial charge in [0.05, 0.1) is 28.1 Å². The zero-order valence-corrected chi connectivity index (χ0v) is 28.2. The molecule has 4 heteroatoms. The number of hydrogen-bond donors (Lipinski definition) is 0. The van der Waals surface area contributed by atoms with Crippen LogP contribution >= 0.6 is 11.3 Å². The van der Waals surface area contributed by atoms with Crippen LogP contribution in [-0.4, -0.2) is 9.55 Å². The SMILES string of the molecule is N#Cc1ccc(-c2cc3c(c4ccsc24)-c2ccccc2C32c3ccccc3-c3ccc(-c4nc5ccccc5n4-c4ccccc4)cc32)cc1. The summed E-state index contributed by atoms with van der Waals surface area (Å²) in [6, 6.07) is 59.0. The molecule has 1 spiro atoms. The highest BCUT2D eigenvalue weighted by molar-refractivity contribution is 7.17. The van der Waals surface area contributed by atoms with E-state index in [4.69, 9.17) is 4.98 Å². The molecule has 1 unspecified atom stereocenters. The molecule has 0 fully saturated rings. The van der Waals surface area contributed by atoms with Crippen LogP contribution in [0.5, 0.6) is 0 Å². The van der Waals surface area contributed by atoms with Gasteiger partial charge < -0.3 is 0 Å². The van der Waals surface area contributed by atoms with Crippen LogP contribution in [0.25, 0.3) is 71.6 Å². The first-order valence-corrected chi connectivity index (χ1v) is 18.1. The highest BCUT2D eigenvalue weighted by Crippen LogP contribution is 2.65. The standard InChI is InChI=1S/C47H27N3S/c48-28-29-18-20-30(21-19-29)37-27-41-44(36-24-25-51-45(36)37)35-13-5-7-15-39(35)47(41)38-14-6-4-12-33(38)34-23-22-31(26-40(34)47)46-49-42-16-8-9-17-43(42)50(46)32-10-2-1-3-11-32/h1-27H. The molecule has 7 aromatic carbocycles. The summed E-state index contributed by atoms with van der Waals surface area (Å²) in [6.07, 6.45) is 0. The van der Waals surface area contributed by atoms with Gasteiger partial charge in [0.25, 0.3) is 0 Å². The van der Waals surface area contributed by atoms with Gasteiger partial charge in [0.1, 0.15) is 5.82 Å². The maximum Gasteiger partial charge on any atom is 0.145 e. The van der Waals surface area contributed by atoms with Gasteiger partial charge in [-0.2, -0.15) is 5.26 Å². The third-order valence-corrected chi connectivity index (χ3v) is 11.9. The molecule has 0 saturated carbocycles. The van der Waals surface area contributed by atoms with E-state index in [1.807, 2.05) is 12.1 Å². The maximum atomic E-state index is 9.56. The van der Waals surface area contributed by atoms with Crippen LogP contribution in [0.15, 0.2) is 163 Å². The lowest BCUT2D eigenvalue weighted by atomic mass is 9.70. The average Bonchev–Trinajstić information content (AvgIpc) is 3.96. The number of rotatable bonds is 3. The number of benzene rings is 7. The Bertz CT molecular complexity index is 2920. The third-order valence-electron chi connectivity index (χ3n) is 10.9. The van der Waals surface area contributed by atoms with Gasteiger partial charge >= 0.3 is 0 Å². The van der Waals surface area contributed by atoms with Crippen molar-refractivity contribution >= 4 is 32.5 Å². The van der Waals surface area contributed by atoms with E-state index < -0.39 is 5.41 Å². The van der Waals surface area contributed by atoms with Gasteiger partial charge in [-0.05, 0) is 116 Å². The molecule has 9 aromatic rings. The number of para-hydroxylation sites is 3. The van der Waals surface area contributed by atoms with E-state index in [9.17, 15) is 5.26 Å². The molecular weight excluding hydrogens is 639 g/mol. The molecule has 3 nitrogen and oxygen atoms in total. The quantitative estimate of drug-likeness (QED) is 0.188. The molecular formula is C47H27N3S. The molecule has 2 aliphatic rings. The summed E-state index contributed by atoms with van der Waals surface area (Å²) in [5, 5.41) is 13.1. The highest BCUT2D eigenvalue weighted by atomic mass is 32.1. The zero-order chi connectivity index (χ0) is 33.7. The number of nitrogens with zero attached hydrogens (tertiary/aromatic N) is 3. The van der Waals surface area contributed by atoms with Gasteiger partial charge in [0.15, 0.2) is 0 Å². The fourth-order valence-corrected chi connectivity index (χ4v) is 9.84. The third kappa shape index (κ3) is 3.73. The number of fused-ring (bicyclic) bond motifs is 13. The molecule has 0 radical (unpaired) electrons. The Hall–Kier alpha value is -6.54. The zero-order valence-electron chi connectivity index (χ0n) is 27.3. The van der Waals surface area contributed by atoms with Gasteiger partial charge in [-0.15, -0.1) is 11.3 Å². The van der Waals surface area contributed by atoms with E-state index in [2.05, 4.69) is 162 Å². The molecule has 51 heavy (non-hydrogen) atoms. The van der Waals surface area contributed by atoms with Gasteiger partial charge in [-0.25, -0.2) is 4.98 Å². The second-order valence-corrected chi connectivity index (χ2v) is 14.3. The fourth-order valence-electron chi connectivity index (χ4n) is 8.90. The van der Waals surface area contributed by atoms with Crippen molar-refractivity contribution in [3.63, 3.8) is 0 Å². The lowest BCUT2D eigenvalue weighted by molar-refractivity contribution is 0.795. The van der Waals surface area contributed by atoms with Crippen LogP contribution in [0.2, 0.25) is 0 Å². The Morgan fingerprint density at radius 3 is 2.08 bits per heavy atom. The minimum Gasteiger partial charge on any atom is -0.292 e. The Morgan fingerprint density at radius 1 is 0.569 bits per heavy atom. The van der Waals surface area contributed by atoms with Crippen molar-refractivity contribution in [2.24, 2.45) is 0 Å². The molecule has 0 bridgehead atoms. The maximum absolute atomic E-state index is 9.56. The summed E-state index contributed by atoms with van der Waals surface area (Å²) in [6.45, 7) is 0. The Morgan fingerprint density at radius 2 is 1.25 bits per heavy atom. The van der Waals surface area contributed by atoms with Crippen molar-refractivity contribution in [3.8, 4) is 56.5 Å². The number of aromatic nitrogens is 2. The van der Waals surface area contributed by atoms with Gasteiger partial charge in [-0.3, -0.25) is 4.57 Å². The first-order valence-electron chi connectivity index (χ1n) is 17.2. The van der Waals surface area contributed by atoms with Crippen LogP contribution in [0, 0.1) is 11.3 Å². The fraction of sp³-hybridized carbons (Fsp3) is 0.0213. The molecule has 2 aliphatic carbocycles. The summed E-state index contributed by atoms with van der Waals surface area (Å²) in [7, 11) is 0. The summed E-state index contributed by atoms with van der Waals surface area (Å²) >= 11 is 1.79. The van der Waals surface area contributed by atoms with Gasteiger partial charge in [0.2, 0.25) is 0 Å². The normalized spacial score (nSPS) is 15.1. The molecule has 0 saturated heterocycles. The number of nitriles is 1. The van der Waals surface area contributed by atoms with Crippen LogP contribution in [0.1, 0.15) is 27.8 Å². The van der Waals surface area contributed by atoms with Crippen molar-refractivity contribution in [1.29, 1.82) is 5.26 Å². The smallest absolute Gasteiger partial charge is 0.145 e. The minimum atomic E-state index is -0.533. The van der Waals surface area contributed by atoms with Crippen LogP contribution < -0.4 is 0 Å². The first-order chi connectivity index (χ1) is 25.3. The van der Waals surface area contributed by atoms with Crippen molar-refractivity contribution in [3.05, 3.63) is 191 Å². The summed E-state index contributed by atoms with van der Waals surface area (Å²) in [5.41, 5.74) is 17.0. The average molecular weight is 666 g/mol. The Balaban J connectivity index is 1.25. The number of thiophene rings is 1. The van der Waals surface area contributed by atoms with E-state index in [-0.39, 0.29) is 0 Å². The monoisotopic (exact) mass is 665 g/mol. The highest BCUT2D eigenvalue weighted by Gasteiger charge is 2.52. The van der Waals surface area contributed by atoms with Crippen molar-refractivity contribution in [1.82, 2.24) is 9.55 Å². The molecule has 2 heterocycles. The number of hydrogen-bond acceptors (Lipinski definition) is 3. The number of imidazole rings is 1. The predicted octanol–water partition coefficient (Wildman–Crippen LogP) is 11.8. The topological polar surface area (TPSA) is 41.6 Å². The summed E-state index contributed by atoms with van der Waals surface area (Å²) < 4.78 is 3.56. The first kappa shape index (κ1) is 28.3. The van der Waals surface area contributed by atoms with Crippen LogP contribution in [-0.2, 0) is 5.41 Å². The van der Waals surface area contributed by atoms with Gasteiger partial charge in [0, 0.05) is 21.3 Å². The Labute approximate surface area is 299 Å². The van der Waals surface area contributed by atoms with E-state index in [1.54, 1.807) is 11.3 Å². The van der Waals surface area contributed by atoms with E-state index in [1.165, 1.54) is 60.2 Å². The van der Waals surface area contributed by atoms with E-state index in [0.29, 0.717) is 5.56 Å². The lowest BCUT2D eigenvalue weighted by Crippen LogP contribution is -2.26. The summed E-state index contributed by atoms with van der Waals surface area (Å²) in [4.78, 5) is 5.28. The second-order valence-electron chi connectivity index (χ2n) is 13.4. The summed E-state index contributed by atoms with van der Waals surface area (Å²) in [5.74, 6) is 0.925. The Kier molecular flexibility index (Phi) is 5.82.